The van der Waals surface area contributed by atoms with Crippen LogP contribution in [0, 0.1) is 5.82 Å². The lowest BCUT2D eigenvalue weighted by Gasteiger charge is -2.34. The number of morpholine rings is 1. The van der Waals surface area contributed by atoms with E-state index in [4.69, 9.17) is 4.74 Å². The number of halogens is 1. The summed E-state index contributed by atoms with van der Waals surface area (Å²) in [6, 6.07) is 7.96. The molecule has 0 spiro atoms. The Balaban J connectivity index is 1.45. The van der Waals surface area contributed by atoms with Crippen LogP contribution >= 0.6 is 11.3 Å². The average molecular weight is 416 g/mol. The molecule has 0 radical (unpaired) electrons. The molecule has 2 aromatic heterocycles. The molecule has 0 aliphatic carbocycles. The number of nitrogens with zero attached hydrogens (tertiary/aromatic N) is 3. The summed E-state index contributed by atoms with van der Waals surface area (Å²) in [5, 5.41) is 5.10. The third-order valence-electron chi connectivity index (χ3n) is 4.95. The van der Waals surface area contributed by atoms with Crippen molar-refractivity contribution < 1.29 is 13.9 Å². The van der Waals surface area contributed by atoms with Gasteiger partial charge in [-0.15, -0.1) is 11.3 Å². The molecule has 1 fully saturated rings. The standard InChI is InChI=1S/C20H21FN4O3S/c21-14-3-4-16-15(10-14)20(27)25(13-23-16)12-19(26)22-11-17(18-2-1-9-29-18)24-5-7-28-8-6-24/h1-4,9-10,13,17H,5-8,11-12H2,(H,22,26). The first-order valence-corrected chi connectivity index (χ1v) is 10.3. The molecule has 3 aromatic rings. The number of amides is 1. The molecule has 1 saturated heterocycles. The zero-order valence-electron chi connectivity index (χ0n) is 15.7. The van der Waals surface area contributed by atoms with Crippen molar-refractivity contribution in [1.82, 2.24) is 19.8 Å². The normalized spacial score (nSPS) is 16.0. The third-order valence-corrected chi connectivity index (χ3v) is 5.92. The Morgan fingerprint density at radius 3 is 2.90 bits per heavy atom. The summed E-state index contributed by atoms with van der Waals surface area (Å²) in [5.74, 6) is -0.803. The Hall–Kier alpha value is -2.62. The van der Waals surface area contributed by atoms with Crippen LogP contribution in [-0.4, -0.2) is 53.2 Å². The molecule has 1 N–H and O–H groups in total. The lowest BCUT2D eigenvalue weighted by Crippen LogP contribution is -2.44. The maximum atomic E-state index is 13.5. The Morgan fingerprint density at radius 2 is 2.14 bits per heavy atom. The molecular weight excluding hydrogens is 395 g/mol. The summed E-state index contributed by atoms with van der Waals surface area (Å²) in [6.07, 6.45) is 1.32. The maximum Gasteiger partial charge on any atom is 0.261 e. The monoisotopic (exact) mass is 416 g/mol. The van der Waals surface area contributed by atoms with Crippen LogP contribution in [0.5, 0.6) is 0 Å². The Morgan fingerprint density at radius 1 is 1.31 bits per heavy atom. The van der Waals surface area contributed by atoms with Gasteiger partial charge in [0.15, 0.2) is 0 Å². The minimum absolute atomic E-state index is 0.0587. The van der Waals surface area contributed by atoms with E-state index in [0.29, 0.717) is 25.3 Å². The minimum Gasteiger partial charge on any atom is -0.379 e. The van der Waals surface area contributed by atoms with Gasteiger partial charge in [-0.05, 0) is 29.6 Å². The average Bonchev–Trinajstić information content (AvgIpc) is 3.26. The van der Waals surface area contributed by atoms with Gasteiger partial charge >= 0.3 is 0 Å². The molecule has 3 heterocycles. The zero-order valence-corrected chi connectivity index (χ0v) is 16.5. The molecule has 0 saturated carbocycles. The second-order valence-electron chi connectivity index (χ2n) is 6.82. The molecule has 1 aliphatic rings. The van der Waals surface area contributed by atoms with Crippen molar-refractivity contribution in [1.29, 1.82) is 0 Å². The molecule has 1 aliphatic heterocycles. The smallest absolute Gasteiger partial charge is 0.261 e. The molecule has 29 heavy (non-hydrogen) atoms. The van der Waals surface area contributed by atoms with E-state index in [2.05, 4.69) is 21.3 Å². The van der Waals surface area contributed by atoms with Gasteiger partial charge in [-0.25, -0.2) is 9.37 Å². The summed E-state index contributed by atoms with van der Waals surface area (Å²) < 4.78 is 20.1. The van der Waals surface area contributed by atoms with Crippen LogP contribution in [0.1, 0.15) is 10.9 Å². The van der Waals surface area contributed by atoms with E-state index in [9.17, 15) is 14.0 Å². The van der Waals surface area contributed by atoms with Gasteiger partial charge in [-0.2, -0.15) is 0 Å². The third kappa shape index (κ3) is 4.52. The number of aromatic nitrogens is 2. The van der Waals surface area contributed by atoms with Gasteiger partial charge in [0.05, 0.1) is 36.5 Å². The highest BCUT2D eigenvalue weighted by molar-refractivity contribution is 7.10. The summed E-state index contributed by atoms with van der Waals surface area (Å²) >= 11 is 1.65. The molecule has 1 unspecified atom stereocenters. The van der Waals surface area contributed by atoms with E-state index < -0.39 is 11.4 Å². The number of carbonyl (C=O) groups excluding carboxylic acids is 1. The van der Waals surface area contributed by atoms with Crippen molar-refractivity contribution >= 4 is 28.1 Å². The van der Waals surface area contributed by atoms with Gasteiger partial charge in [0.25, 0.3) is 5.56 Å². The molecule has 7 nitrogen and oxygen atoms in total. The summed E-state index contributed by atoms with van der Waals surface area (Å²) in [4.78, 5) is 32.7. The predicted molar refractivity (Wildman–Crippen MR) is 108 cm³/mol. The number of hydrogen-bond donors (Lipinski definition) is 1. The van der Waals surface area contributed by atoms with Crippen LogP contribution in [0.3, 0.4) is 0 Å². The van der Waals surface area contributed by atoms with Gasteiger partial charge in [0, 0.05) is 24.5 Å². The minimum atomic E-state index is -0.511. The number of fused-ring (bicyclic) bond motifs is 1. The first-order valence-electron chi connectivity index (χ1n) is 9.38. The molecule has 4 rings (SSSR count). The molecule has 1 aromatic carbocycles. The van der Waals surface area contributed by atoms with Crippen LogP contribution < -0.4 is 10.9 Å². The summed E-state index contributed by atoms with van der Waals surface area (Å²) in [7, 11) is 0. The largest absolute Gasteiger partial charge is 0.379 e. The van der Waals surface area contributed by atoms with E-state index in [-0.39, 0.29) is 23.9 Å². The number of benzene rings is 1. The predicted octanol–water partition coefficient (Wildman–Crippen LogP) is 1.79. The van der Waals surface area contributed by atoms with Gasteiger partial charge in [-0.3, -0.25) is 19.1 Å². The van der Waals surface area contributed by atoms with Crippen molar-refractivity contribution in [3.05, 3.63) is 63.1 Å². The van der Waals surface area contributed by atoms with Crippen LogP contribution in [0.4, 0.5) is 4.39 Å². The van der Waals surface area contributed by atoms with Gasteiger partial charge < -0.3 is 10.1 Å². The van der Waals surface area contributed by atoms with Crippen molar-refractivity contribution in [2.45, 2.75) is 12.6 Å². The number of ether oxygens (including phenoxy) is 1. The van der Waals surface area contributed by atoms with E-state index in [0.717, 1.165) is 19.2 Å². The van der Waals surface area contributed by atoms with Crippen LogP contribution in [0.15, 0.2) is 46.8 Å². The lowest BCUT2D eigenvalue weighted by molar-refractivity contribution is -0.122. The molecule has 9 heteroatoms. The van der Waals surface area contributed by atoms with E-state index in [1.54, 1.807) is 11.3 Å². The highest BCUT2D eigenvalue weighted by Gasteiger charge is 2.24. The van der Waals surface area contributed by atoms with Crippen molar-refractivity contribution in [2.24, 2.45) is 0 Å². The molecular formula is C20H21FN4O3S. The number of nitrogens with one attached hydrogen (secondary N) is 1. The van der Waals surface area contributed by atoms with Gasteiger partial charge in [0.2, 0.25) is 5.91 Å². The number of thiophene rings is 1. The van der Waals surface area contributed by atoms with E-state index >= 15 is 0 Å². The summed E-state index contributed by atoms with van der Waals surface area (Å²) in [5.41, 5.74) is -0.0363. The number of hydrogen-bond acceptors (Lipinski definition) is 6. The van der Waals surface area contributed by atoms with Gasteiger partial charge in [0.1, 0.15) is 12.4 Å². The Bertz CT molecular complexity index is 1050. The fraction of sp³-hybridized carbons (Fsp3) is 0.350. The first-order chi connectivity index (χ1) is 14.1. The zero-order chi connectivity index (χ0) is 20.2. The highest BCUT2D eigenvalue weighted by Crippen LogP contribution is 2.25. The van der Waals surface area contributed by atoms with Gasteiger partial charge in [-0.1, -0.05) is 6.07 Å². The van der Waals surface area contributed by atoms with Crippen LogP contribution in [0.2, 0.25) is 0 Å². The Labute approximate surface area is 170 Å². The fourth-order valence-electron chi connectivity index (χ4n) is 3.44. The van der Waals surface area contributed by atoms with Crippen LogP contribution in [0.25, 0.3) is 10.9 Å². The van der Waals surface area contributed by atoms with Crippen molar-refractivity contribution in [2.75, 3.05) is 32.8 Å². The lowest BCUT2D eigenvalue weighted by atomic mass is 10.2. The van der Waals surface area contributed by atoms with E-state index in [1.807, 2.05) is 11.4 Å². The molecule has 1 amide bonds. The molecule has 152 valence electrons. The quantitative estimate of drug-likeness (QED) is 0.663. The Kier molecular flexibility index (Phi) is 5.98. The van der Waals surface area contributed by atoms with Crippen molar-refractivity contribution in [3.63, 3.8) is 0 Å². The topological polar surface area (TPSA) is 76.5 Å². The summed E-state index contributed by atoms with van der Waals surface area (Å²) in [6.45, 7) is 3.22. The number of rotatable bonds is 6. The molecule has 0 bridgehead atoms. The van der Waals surface area contributed by atoms with E-state index in [1.165, 1.54) is 27.9 Å². The number of carbonyl (C=O) groups is 1. The second kappa shape index (κ2) is 8.81. The SMILES string of the molecule is O=C(Cn1cnc2ccc(F)cc2c1=O)NCC(c1cccs1)N1CCOCC1. The fourth-order valence-corrected chi connectivity index (χ4v) is 4.31. The maximum absolute atomic E-state index is 13.5. The molecule has 1 atom stereocenters. The van der Waals surface area contributed by atoms with Crippen LogP contribution in [-0.2, 0) is 16.1 Å². The highest BCUT2D eigenvalue weighted by atomic mass is 32.1. The second-order valence-corrected chi connectivity index (χ2v) is 7.80. The van der Waals surface area contributed by atoms with Crippen molar-refractivity contribution in [3.8, 4) is 0 Å². The first kappa shape index (κ1) is 19.7.